The van der Waals surface area contributed by atoms with Gasteiger partial charge in [-0.25, -0.2) is 4.39 Å². The molecule has 0 atom stereocenters. The molecule has 2 aromatic rings. The van der Waals surface area contributed by atoms with Gasteiger partial charge < -0.3 is 25.2 Å². The van der Waals surface area contributed by atoms with Gasteiger partial charge in [0.1, 0.15) is 12.4 Å². The number of halogens is 4. The minimum absolute atomic E-state index is 0. The summed E-state index contributed by atoms with van der Waals surface area (Å²) in [7, 11) is 0. The molecule has 0 aliphatic rings. The van der Waals surface area contributed by atoms with E-state index in [0.29, 0.717) is 36.8 Å². The van der Waals surface area contributed by atoms with E-state index in [4.69, 9.17) is 14.6 Å². The van der Waals surface area contributed by atoms with E-state index in [0.717, 1.165) is 29.5 Å². The summed E-state index contributed by atoms with van der Waals surface area (Å²) in [6, 6.07) is 10.5. The Kier molecular flexibility index (Phi) is 16.0. The number of ether oxygens (including phenoxy) is 2. The number of nitrogens with one attached hydrogen (secondary N) is 2. The fraction of sp³-hybridized carbons (Fsp3) is 0.429. The number of benzene rings is 2. The molecule has 0 aliphatic carbocycles. The van der Waals surface area contributed by atoms with Gasteiger partial charge in [-0.3, -0.25) is 0 Å². The Hall–Kier alpha value is -1.09. The second-order valence-electron chi connectivity index (χ2n) is 6.22. The third-order valence-electron chi connectivity index (χ3n) is 4.02. The molecule has 0 saturated heterocycles. The van der Waals surface area contributed by atoms with Crippen LogP contribution in [0.1, 0.15) is 24.5 Å². The van der Waals surface area contributed by atoms with Crippen molar-refractivity contribution in [3.05, 3.63) is 57.8 Å². The van der Waals surface area contributed by atoms with Crippen LogP contribution in [0.4, 0.5) is 4.39 Å². The highest BCUT2D eigenvalue weighted by Gasteiger charge is 2.13. The van der Waals surface area contributed by atoms with Gasteiger partial charge in [-0.15, -0.1) is 24.8 Å². The molecule has 2 rings (SSSR count). The lowest BCUT2D eigenvalue weighted by Crippen LogP contribution is -2.23. The van der Waals surface area contributed by atoms with Crippen LogP contribution in [0.15, 0.2) is 40.9 Å². The molecule has 0 aromatic heterocycles. The first kappa shape index (κ1) is 28.9. The van der Waals surface area contributed by atoms with Crippen LogP contribution in [-0.2, 0) is 13.2 Å². The molecule has 0 saturated carbocycles. The molecule has 0 bridgehead atoms. The number of hydrogen-bond acceptors (Lipinski definition) is 5. The van der Waals surface area contributed by atoms with Crippen molar-refractivity contribution in [1.29, 1.82) is 0 Å². The first-order valence-corrected chi connectivity index (χ1v) is 10.3. The molecule has 0 radical (unpaired) electrons. The number of aliphatic hydroxyl groups is 1. The summed E-state index contributed by atoms with van der Waals surface area (Å²) >= 11 is 3.55. The fourth-order valence-corrected chi connectivity index (χ4v) is 3.27. The van der Waals surface area contributed by atoms with Gasteiger partial charge in [0.15, 0.2) is 11.5 Å². The molecule has 30 heavy (non-hydrogen) atoms. The largest absolute Gasteiger partial charge is 0.490 e. The summed E-state index contributed by atoms with van der Waals surface area (Å²) in [6.07, 6.45) is 0.976. The van der Waals surface area contributed by atoms with E-state index in [1.54, 1.807) is 18.2 Å². The number of aliphatic hydroxyl groups excluding tert-OH is 1. The monoisotopic (exact) mass is 526 g/mol. The maximum absolute atomic E-state index is 13.8. The second-order valence-corrected chi connectivity index (χ2v) is 7.08. The third kappa shape index (κ3) is 9.81. The predicted molar refractivity (Wildman–Crippen MR) is 127 cm³/mol. The SMILES string of the molecule is CCOc1cc(CNCCCNCCO)cc(Br)c1OCc1ccccc1F.Cl.Cl. The van der Waals surface area contributed by atoms with Crippen molar-refractivity contribution in [1.82, 2.24) is 10.6 Å². The zero-order valence-electron chi connectivity index (χ0n) is 17.0. The van der Waals surface area contributed by atoms with Crippen LogP contribution >= 0.6 is 40.7 Å². The summed E-state index contributed by atoms with van der Waals surface area (Å²) in [5.41, 5.74) is 1.56. The van der Waals surface area contributed by atoms with Crippen molar-refractivity contribution in [2.24, 2.45) is 0 Å². The first-order valence-electron chi connectivity index (χ1n) is 9.49. The van der Waals surface area contributed by atoms with Crippen LogP contribution in [-0.4, -0.2) is 38.0 Å². The average molecular weight is 528 g/mol. The van der Waals surface area contributed by atoms with E-state index in [1.807, 2.05) is 19.1 Å². The smallest absolute Gasteiger partial charge is 0.175 e. The topological polar surface area (TPSA) is 62.8 Å². The Labute approximate surface area is 198 Å². The molecule has 0 aliphatic heterocycles. The van der Waals surface area contributed by atoms with Crippen LogP contribution in [0.25, 0.3) is 0 Å². The van der Waals surface area contributed by atoms with Gasteiger partial charge in [-0.1, -0.05) is 18.2 Å². The van der Waals surface area contributed by atoms with Gasteiger partial charge in [0.05, 0.1) is 17.7 Å². The Balaban J connectivity index is 0.00000420. The molecule has 0 spiro atoms. The highest BCUT2D eigenvalue weighted by molar-refractivity contribution is 9.10. The van der Waals surface area contributed by atoms with Crippen molar-refractivity contribution < 1.29 is 19.0 Å². The third-order valence-corrected chi connectivity index (χ3v) is 4.61. The molecule has 5 nitrogen and oxygen atoms in total. The quantitative estimate of drug-likeness (QED) is 0.335. The van der Waals surface area contributed by atoms with E-state index in [2.05, 4.69) is 26.6 Å². The fourth-order valence-electron chi connectivity index (χ4n) is 2.67. The van der Waals surface area contributed by atoms with Gasteiger partial charge >= 0.3 is 0 Å². The molecule has 0 fully saturated rings. The average Bonchev–Trinajstić information content (AvgIpc) is 2.68. The van der Waals surface area contributed by atoms with Crippen molar-refractivity contribution in [3.63, 3.8) is 0 Å². The Bertz CT molecular complexity index is 741. The van der Waals surface area contributed by atoms with Crippen molar-refractivity contribution in [3.8, 4) is 11.5 Å². The highest BCUT2D eigenvalue weighted by Crippen LogP contribution is 2.37. The highest BCUT2D eigenvalue weighted by atomic mass is 79.9. The maximum atomic E-state index is 13.8. The minimum Gasteiger partial charge on any atom is -0.490 e. The molecule has 3 N–H and O–H groups in total. The zero-order chi connectivity index (χ0) is 20.2. The summed E-state index contributed by atoms with van der Waals surface area (Å²) < 4.78 is 26.2. The summed E-state index contributed by atoms with van der Waals surface area (Å²) in [4.78, 5) is 0. The van der Waals surface area contributed by atoms with Gasteiger partial charge in [-0.2, -0.15) is 0 Å². The molecule has 2 aromatic carbocycles. The summed E-state index contributed by atoms with van der Waals surface area (Å²) in [5, 5.41) is 15.3. The maximum Gasteiger partial charge on any atom is 0.175 e. The first-order chi connectivity index (χ1) is 13.7. The number of hydrogen-bond donors (Lipinski definition) is 3. The Morgan fingerprint density at radius 2 is 1.77 bits per heavy atom. The predicted octanol–water partition coefficient (Wildman–Crippen LogP) is 4.47. The summed E-state index contributed by atoms with van der Waals surface area (Å²) in [5.74, 6) is 0.919. The molecule has 0 heterocycles. The van der Waals surface area contributed by atoms with Gasteiger partial charge in [0, 0.05) is 18.7 Å². The summed E-state index contributed by atoms with van der Waals surface area (Å²) in [6.45, 7) is 5.77. The van der Waals surface area contributed by atoms with E-state index in [9.17, 15) is 4.39 Å². The van der Waals surface area contributed by atoms with Gasteiger partial charge in [0.2, 0.25) is 0 Å². The molecule has 9 heteroatoms. The van der Waals surface area contributed by atoms with Gasteiger partial charge in [-0.05, 0) is 66.1 Å². The Morgan fingerprint density at radius 3 is 2.47 bits per heavy atom. The van der Waals surface area contributed by atoms with Crippen molar-refractivity contribution in [2.45, 2.75) is 26.5 Å². The van der Waals surface area contributed by atoms with Crippen molar-refractivity contribution in [2.75, 3.05) is 32.8 Å². The molecular weight excluding hydrogens is 498 g/mol. The lowest BCUT2D eigenvalue weighted by molar-refractivity contribution is 0.264. The zero-order valence-corrected chi connectivity index (χ0v) is 20.2. The van der Waals surface area contributed by atoms with Crippen LogP contribution < -0.4 is 20.1 Å². The van der Waals surface area contributed by atoms with E-state index >= 15 is 0 Å². The van der Waals surface area contributed by atoms with Gasteiger partial charge in [0.25, 0.3) is 0 Å². The molecule has 170 valence electrons. The van der Waals surface area contributed by atoms with E-state index in [1.165, 1.54) is 6.07 Å². The van der Waals surface area contributed by atoms with E-state index in [-0.39, 0.29) is 43.8 Å². The van der Waals surface area contributed by atoms with Crippen LogP contribution in [0.3, 0.4) is 0 Å². The lowest BCUT2D eigenvalue weighted by Gasteiger charge is -2.16. The second kappa shape index (κ2) is 16.6. The van der Waals surface area contributed by atoms with Crippen LogP contribution in [0.5, 0.6) is 11.5 Å². The van der Waals surface area contributed by atoms with E-state index < -0.39 is 0 Å². The van der Waals surface area contributed by atoms with Crippen LogP contribution in [0.2, 0.25) is 0 Å². The van der Waals surface area contributed by atoms with Crippen molar-refractivity contribution >= 4 is 40.7 Å². The lowest BCUT2D eigenvalue weighted by atomic mass is 10.2. The normalized spacial score (nSPS) is 10.1. The molecule has 0 amide bonds. The number of rotatable bonds is 13. The molecule has 0 unspecified atom stereocenters. The molecular formula is C21H30BrCl2FN2O3. The standard InChI is InChI=1S/C21H28BrFN2O3.2ClH/c1-2-27-20-13-16(14-25-9-5-8-24-10-11-26)12-18(22)21(20)28-15-17-6-3-4-7-19(17)23;;/h3-4,6-7,12-13,24-26H,2,5,8-11,14-15H2,1H3;2*1H. The van der Waals surface area contributed by atoms with Crippen LogP contribution in [0, 0.1) is 5.82 Å². The minimum atomic E-state index is -0.286. The Morgan fingerprint density at radius 1 is 1.03 bits per heavy atom.